The molecular formula is C11H25O4P. The molecule has 0 aromatic heterocycles. The van der Waals surface area contributed by atoms with Crippen LogP contribution in [-0.4, -0.2) is 21.7 Å². The molecule has 0 aromatic carbocycles. The van der Waals surface area contributed by atoms with Crippen molar-refractivity contribution in [2.75, 3.05) is 6.61 Å². The van der Waals surface area contributed by atoms with Gasteiger partial charge in [0.05, 0.1) is 6.61 Å². The summed E-state index contributed by atoms with van der Waals surface area (Å²) in [5.41, 5.74) is 0. The summed E-state index contributed by atoms with van der Waals surface area (Å²) in [4.78, 5) is 18.2. The predicted molar refractivity (Wildman–Crippen MR) is 65.4 cm³/mol. The van der Waals surface area contributed by atoms with Crippen molar-refractivity contribution in [1.82, 2.24) is 0 Å². The van der Waals surface area contributed by atoms with Gasteiger partial charge in [0.2, 0.25) is 0 Å². The lowest BCUT2D eigenvalue weighted by Gasteiger charge is -2.28. The van der Waals surface area contributed by atoms with E-state index in [-0.39, 0.29) is 0 Å². The first-order valence-electron chi connectivity index (χ1n) is 5.94. The van der Waals surface area contributed by atoms with Crippen molar-refractivity contribution < 1.29 is 19.1 Å². The zero-order valence-electron chi connectivity index (χ0n) is 10.8. The van der Waals surface area contributed by atoms with Crippen LogP contribution in [0.5, 0.6) is 0 Å². The fraction of sp³-hybridized carbons (Fsp3) is 1.00. The summed E-state index contributed by atoms with van der Waals surface area (Å²) >= 11 is 0. The van der Waals surface area contributed by atoms with Crippen LogP contribution in [0.25, 0.3) is 0 Å². The summed E-state index contributed by atoms with van der Waals surface area (Å²) in [7, 11) is -4.18. The zero-order chi connectivity index (χ0) is 12.8. The molecule has 16 heavy (non-hydrogen) atoms. The molecule has 0 heterocycles. The Hall–Kier alpha value is 0.110. The molecule has 0 rings (SSSR count). The lowest BCUT2D eigenvalue weighted by molar-refractivity contribution is 0.00150. The van der Waals surface area contributed by atoms with Crippen LogP contribution in [0.3, 0.4) is 0 Å². The fourth-order valence-corrected chi connectivity index (χ4v) is 1.55. The van der Waals surface area contributed by atoms with Crippen LogP contribution >= 0.6 is 7.60 Å². The van der Waals surface area contributed by atoms with Crippen LogP contribution in [0.2, 0.25) is 0 Å². The maximum Gasteiger partial charge on any atom is 0.356 e. The summed E-state index contributed by atoms with van der Waals surface area (Å²) in [6.07, 6.45) is 4.32. The van der Waals surface area contributed by atoms with Gasteiger partial charge in [-0.3, -0.25) is 4.57 Å². The topological polar surface area (TPSA) is 66.8 Å². The number of rotatable bonds is 8. The smallest absolute Gasteiger partial charge is 0.356 e. The first-order chi connectivity index (χ1) is 7.24. The van der Waals surface area contributed by atoms with Gasteiger partial charge < -0.3 is 14.5 Å². The third-order valence-corrected chi connectivity index (χ3v) is 4.45. The molecule has 0 amide bonds. The maximum absolute atomic E-state index is 11.1. The van der Waals surface area contributed by atoms with E-state index in [9.17, 15) is 4.57 Å². The SMILES string of the molecule is CCCCC(CC)COC(C)(C)P(=O)(O)O. The molecule has 5 heteroatoms. The Morgan fingerprint density at radius 3 is 2.25 bits per heavy atom. The van der Waals surface area contributed by atoms with E-state index >= 15 is 0 Å². The van der Waals surface area contributed by atoms with Crippen LogP contribution in [0.4, 0.5) is 0 Å². The summed E-state index contributed by atoms with van der Waals surface area (Å²) in [6.45, 7) is 7.52. The Balaban J connectivity index is 4.15. The Morgan fingerprint density at radius 1 is 1.31 bits per heavy atom. The molecule has 0 spiro atoms. The van der Waals surface area contributed by atoms with Gasteiger partial charge in [-0.2, -0.15) is 0 Å². The lowest BCUT2D eigenvalue weighted by atomic mass is 10.0. The van der Waals surface area contributed by atoms with E-state index in [1.54, 1.807) is 0 Å². The van der Waals surface area contributed by atoms with Gasteiger partial charge in [-0.15, -0.1) is 0 Å². The summed E-state index contributed by atoms with van der Waals surface area (Å²) < 4.78 is 16.5. The minimum atomic E-state index is -4.18. The van der Waals surface area contributed by atoms with E-state index < -0.39 is 12.9 Å². The van der Waals surface area contributed by atoms with Gasteiger partial charge in [0, 0.05) is 0 Å². The van der Waals surface area contributed by atoms with Crippen molar-refractivity contribution in [2.45, 2.75) is 58.7 Å². The summed E-state index contributed by atoms with van der Waals surface area (Å²) in [6, 6.07) is 0. The van der Waals surface area contributed by atoms with Gasteiger partial charge >= 0.3 is 7.60 Å². The highest BCUT2D eigenvalue weighted by atomic mass is 31.2. The van der Waals surface area contributed by atoms with Gasteiger partial charge in [-0.1, -0.05) is 33.1 Å². The van der Waals surface area contributed by atoms with Gasteiger partial charge in [0.15, 0.2) is 5.34 Å². The minimum absolute atomic E-state index is 0.394. The second-order valence-corrected chi connectivity index (χ2v) is 6.88. The van der Waals surface area contributed by atoms with Gasteiger partial charge in [0.25, 0.3) is 0 Å². The minimum Gasteiger partial charge on any atom is -0.363 e. The third-order valence-electron chi connectivity index (χ3n) is 2.92. The molecule has 4 nitrogen and oxygen atoms in total. The Labute approximate surface area is 98.6 Å². The van der Waals surface area contributed by atoms with Crippen molar-refractivity contribution in [3.8, 4) is 0 Å². The van der Waals surface area contributed by atoms with Crippen molar-refractivity contribution in [1.29, 1.82) is 0 Å². The van der Waals surface area contributed by atoms with Crippen molar-refractivity contribution in [3.63, 3.8) is 0 Å². The monoisotopic (exact) mass is 252 g/mol. The Morgan fingerprint density at radius 2 is 1.88 bits per heavy atom. The fourth-order valence-electron chi connectivity index (χ4n) is 1.30. The molecule has 0 radical (unpaired) electrons. The molecule has 0 bridgehead atoms. The van der Waals surface area contributed by atoms with E-state index in [1.807, 2.05) is 0 Å². The third kappa shape index (κ3) is 5.44. The Kier molecular flexibility index (Phi) is 6.80. The molecule has 0 aromatic rings. The van der Waals surface area contributed by atoms with Crippen molar-refractivity contribution >= 4 is 7.60 Å². The highest BCUT2D eigenvalue weighted by Gasteiger charge is 2.39. The molecule has 98 valence electrons. The molecule has 1 atom stereocenters. The van der Waals surface area contributed by atoms with E-state index in [2.05, 4.69) is 13.8 Å². The lowest BCUT2D eigenvalue weighted by Crippen LogP contribution is -2.27. The zero-order valence-corrected chi connectivity index (χ0v) is 11.7. The summed E-state index contributed by atoms with van der Waals surface area (Å²) in [5, 5.41) is -1.37. The van der Waals surface area contributed by atoms with E-state index in [0.29, 0.717) is 12.5 Å². The highest BCUT2D eigenvalue weighted by Crippen LogP contribution is 2.50. The molecule has 0 aliphatic rings. The quantitative estimate of drug-likeness (QED) is 0.651. The first kappa shape index (κ1) is 16.1. The average molecular weight is 252 g/mol. The predicted octanol–water partition coefficient (Wildman–Crippen LogP) is 3.13. The molecule has 0 saturated heterocycles. The Bertz CT molecular complexity index is 234. The maximum atomic E-state index is 11.1. The van der Waals surface area contributed by atoms with E-state index in [0.717, 1.165) is 25.7 Å². The van der Waals surface area contributed by atoms with Crippen molar-refractivity contribution in [2.24, 2.45) is 5.92 Å². The van der Waals surface area contributed by atoms with Crippen molar-refractivity contribution in [3.05, 3.63) is 0 Å². The van der Waals surface area contributed by atoms with Crippen LogP contribution in [0.1, 0.15) is 53.4 Å². The molecule has 2 N–H and O–H groups in total. The number of hydrogen-bond donors (Lipinski definition) is 2. The van der Waals surface area contributed by atoms with E-state index in [4.69, 9.17) is 14.5 Å². The normalized spacial score (nSPS) is 15.1. The first-order valence-corrected chi connectivity index (χ1v) is 7.55. The number of unbranched alkanes of at least 4 members (excludes halogenated alkanes) is 1. The molecule has 0 aliphatic heterocycles. The standard InChI is InChI=1S/C11H25O4P/c1-5-7-8-10(6-2)9-15-11(3,4)16(12,13)14/h10H,5-9H2,1-4H3,(H2,12,13,14). The molecule has 1 unspecified atom stereocenters. The van der Waals surface area contributed by atoms with Crippen LogP contribution in [-0.2, 0) is 9.30 Å². The van der Waals surface area contributed by atoms with Crippen LogP contribution in [0, 0.1) is 5.92 Å². The molecule has 0 aliphatic carbocycles. The highest BCUT2D eigenvalue weighted by molar-refractivity contribution is 7.53. The van der Waals surface area contributed by atoms with Gasteiger partial charge in [0.1, 0.15) is 0 Å². The van der Waals surface area contributed by atoms with Gasteiger partial charge in [-0.05, 0) is 26.2 Å². The second kappa shape index (κ2) is 6.75. The van der Waals surface area contributed by atoms with E-state index in [1.165, 1.54) is 13.8 Å². The molecule has 0 saturated carbocycles. The largest absolute Gasteiger partial charge is 0.363 e. The van der Waals surface area contributed by atoms with Crippen LogP contribution in [0.15, 0.2) is 0 Å². The second-order valence-electron chi connectivity index (χ2n) is 4.72. The van der Waals surface area contributed by atoms with Gasteiger partial charge in [-0.25, -0.2) is 0 Å². The van der Waals surface area contributed by atoms with Crippen LogP contribution < -0.4 is 0 Å². The number of hydrogen-bond acceptors (Lipinski definition) is 2. The number of ether oxygens (including phenoxy) is 1. The summed E-state index contributed by atoms with van der Waals surface area (Å²) in [5.74, 6) is 0.394. The molecule has 0 fully saturated rings. The molecular weight excluding hydrogens is 227 g/mol. The average Bonchev–Trinajstić information content (AvgIpc) is 2.16.